The average Bonchev–Trinajstić information content (AvgIpc) is 2.21. The molecule has 4 nitrogen and oxygen atoms in total. The lowest BCUT2D eigenvalue weighted by molar-refractivity contribution is -0.139. The summed E-state index contributed by atoms with van der Waals surface area (Å²) in [5.74, 6) is 0.291. The number of likely N-dealkylation sites (N-methyl/N-ethyl adjacent to an activating group) is 1. The van der Waals surface area contributed by atoms with Crippen molar-refractivity contribution in [2.75, 3.05) is 34.3 Å². The smallest absolute Gasteiger partial charge is 0.320 e. The van der Waals surface area contributed by atoms with E-state index in [2.05, 4.69) is 44.7 Å². The number of nitrogens with one attached hydrogen (secondary N) is 1. The molecule has 0 aromatic rings. The summed E-state index contributed by atoms with van der Waals surface area (Å²) in [4.78, 5) is 13.1. The molecule has 0 rings (SSSR count). The predicted molar refractivity (Wildman–Crippen MR) is 69.9 cm³/mol. The van der Waals surface area contributed by atoms with Gasteiger partial charge in [0.05, 0.1) is 7.11 Å². The highest BCUT2D eigenvalue weighted by Gasteiger charge is 2.19. The molecule has 0 radical (unpaired) electrons. The van der Waals surface area contributed by atoms with Crippen LogP contribution in [0.15, 0.2) is 0 Å². The van der Waals surface area contributed by atoms with E-state index in [-0.39, 0.29) is 10.8 Å². The third kappa shape index (κ3) is 6.45. The molecule has 96 valence electrons. The average molecular weight is 295 g/mol. The Kier molecular flexibility index (Phi) is 7.97. The number of halogens is 1. The van der Waals surface area contributed by atoms with Crippen LogP contribution < -0.4 is 5.32 Å². The minimum absolute atomic E-state index is 0.236. The van der Waals surface area contributed by atoms with Crippen LogP contribution in [0.2, 0.25) is 0 Å². The van der Waals surface area contributed by atoms with Gasteiger partial charge < -0.3 is 15.0 Å². The van der Waals surface area contributed by atoms with Gasteiger partial charge in [0.25, 0.3) is 0 Å². The molecular formula is C11H23BrN2O2. The number of carbonyl (C=O) groups excluding carboxylic acids is 1. The largest absolute Gasteiger partial charge is 0.468 e. The first-order chi connectivity index (χ1) is 7.38. The topological polar surface area (TPSA) is 41.6 Å². The molecule has 0 heterocycles. The van der Waals surface area contributed by atoms with Gasteiger partial charge in [0, 0.05) is 19.1 Å². The van der Waals surface area contributed by atoms with Crippen LogP contribution in [-0.2, 0) is 9.53 Å². The van der Waals surface area contributed by atoms with Crippen molar-refractivity contribution in [3.05, 3.63) is 0 Å². The van der Waals surface area contributed by atoms with Crippen LogP contribution in [0.3, 0.4) is 0 Å². The molecule has 0 amide bonds. The Balaban J connectivity index is 4.06. The van der Waals surface area contributed by atoms with Crippen molar-refractivity contribution in [1.29, 1.82) is 0 Å². The van der Waals surface area contributed by atoms with E-state index in [1.165, 1.54) is 7.11 Å². The Labute approximate surface area is 107 Å². The van der Waals surface area contributed by atoms with Crippen molar-refractivity contribution in [1.82, 2.24) is 10.2 Å². The molecule has 2 unspecified atom stereocenters. The summed E-state index contributed by atoms with van der Waals surface area (Å²) in [6.07, 6.45) is 0. The number of methoxy groups -OCH3 is 1. The molecular weight excluding hydrogens is 272 g/mol. The normalized spacial score (nSPS) is 15.2. The van der Waals surface area contributed by atoms with Crippen molar-refractivity contribution in [3.63, 3.8) is 0 Å². The zero-order valence-electron chi connectivity index (χ0n) is 10.8. The molecule has 0 aromatic heterocycles. The molecule has 0 saturated carbocycles. The minimum Gasteiger partial charge on any atom is -0.468 e. The van der Waals surface area contributed by atoms with Gasteiger partial charge in [-0.2, -0.15) is 0 Å². The Hall–Kier alpha value is -0.130. The highest BCUT2D eigenvalue weighted by molar-refractivity contribution is 9.10. The number of hydrogen-bond donors (Lipinski definition) is 1. The van der Waals surface area contributed by atoms with E-state index in [0.29, 0.717) is 18.5 Å². The molecule has 0 bridgehead atoms. The molecule has 1 N–H and O–H groups in total. The van der Waals surface area contributed by atoms with Crippen LogP contribution in [-0.4, -0.2) is 56.0 Å². The minimum atomic E-state index is -0.277. The van der Waals surface area contributed by atoms with Crippen molar-refractivity contribution in [2.45, 2.75) is 24.7 Å². The third-order valence-electron chi connectivity index (χ3n) is 2.38. The number of carbonyl (C=O) groups is 1. The summed E-state index contributed by atoms with van der Waals surface area (Å²) >= 11 is 3.30. The van der Waals surface area contributed by atoms with Gasteiger partial charge in [-0.05, 0) is 20.0 Å². The maximum atomic E-state index is 11.2. The second-order valence-corrected chi connectivity index (χ2v) is 5.62. The van der Waals surface area contributed by atoms with Gasteiger partial charge in [0.2, 0.25) is 0 Å². The first-order valence-corrected chi connectivity index (χ1v) is 6.40. The van der Waals surface area contributed by atoms with Crippen LogP contribution >= 0.6 is 15.9 Å². The first kappa shape index (κ1) is 15.9. The van der Waals surface area contributed by atoms with Gasteiger partial charge in [0.15, 0.2) is 0 Å². The van der Waals surface area contributed by atoms with Crippen molar-refractivity contribution in [2.24, 2.45) is 5.92 Å². The highest BCUT2D eigenvalue weighted by atomic mass is 79.9. The fourth-order valence-electron chi connectivity index (χ4n) is 1.37. The molecule has 0 aromatic carbocycles. The Morgan fingerprint density at radius 2 is 2.00 bits per heavy atom. The van der Waals surface area contributed by atoms with E-state index in [1.807, 2.05) is 14.1 Å². The lowest BCUT2D eigenvalue weighted by Crippen LogP contribution is -2.45. The fourth-order valence-corrected chi connectivity index (χ4v) is 1.74. The Morgan fingerprint density at radius 1 is 1.44 bits per heavy atom. The zero-order valence-corrected chi connectivity index (χ0v) is 12.4. The molecule has 0 spiro atoms. The summed E-state index contributed by atoms with van der Waals surface area (Å²) in [5.41, 5.74) is 0. The van der Waals surface area contributed by atoms with Crippen molar-refractivity contribution < 1.29 is 9.53 Å². The van der Waals surface area contributed by atoms with E-state index >= 15 is 0 Å². The van der Waals surface area contributed by atoms with Crippen LogP contribution in [0.25, 0.3) is 0 Å². The first-order valence-electron chi connectivity index (χ1n) is 5.48. The molecule has 0 saturated heterocycles. The van der Waals surface area contributed by atoms with Gasteiger partial charge in [-0.3, -0.25) is 4.79 Å². The standard InChI is InChI=1S/C11H23BrN2O2/c1-8(2)10(7-14(3)4)13-6-9(12)11(15)16-5/h8-10,13H,6-7H2,1-5H3. The number of ether oxygens (including phenoxy) is 1. The molecule has 16 heavy (non-hydrogen) atoms. The second kappa shape index (κ2) is 8.03. The maximum absolute atomic E-state index is 11.2. The monoisotopic (exact) mass is 294 g/mol. The number of esters is 1. The number of hydrogen-bond acceptors (Lipinski definition) is 4. The lowest BCUT2D eigenvalue weighted by atomic mass is 10.0. The Morgan fingerprint density at radius 3 is 2.38 bits per heavy atom. The van der Waals surface area contributed by atoms with E-state index in [0.717, 1.165) is 6.54 Å². The highest BCUT2D eigenvalue weighted by Crippen LogP contribution is 2.05. The molecule has 0 aliphatic rings. The fraction of sp³-hybridized carbons (Fsp3) is 0.909. The Bertz CT molecular complexity index is 210. The van der Waals surface area contributed by atoms with Crippen LogP contribution in [0.1, 0.15) is 13.8 Å². The summed E-state index contributed by atoms with van der Waals surface area (Å²) in [7, 11) is 5.49. The quantitative estimate of drug-likeness (QED) is 0.564. The van der Waals surface area contributed by atoms with Crippen LogP contribution in [0.4, 0.5) is 0 Å². The third-order valence-corrected chi connectivity index (χ3v) is 3.08. The number of alkyl halides is 1. The van der Waals surface area contributed by atoms with Crippen molar-refractivity contribution in [3.8, 4) is 0 Å². The van der Waals surface area contributed by atoms with Gasteiger partial charge in [0.1, 0.15) is 4.83 Å². The number of rotatable bonds is 7. The summed E-state index contributed by atoms with van der Waals surface area (Å²) in [6, 6.07) is 0.375. The van der Waals surface area contributed by atoms with Gasteiger partial charge in [-0.25, -0.2) is 0 Å². The second-order valence-electron chi connectivity index (χ2n) is 4.51. The van der Waals surface area contributed by atoms with Crippen molar-refractivity contribution >= 4 is 21.9 Å². The van der Waals surface area contributed by atoms with E-state index in [9.17, 15) is 4.79 Å². The predicted octanol–water partition coefficient (Wildman–Crippen LogP) is 1.10. The zero-order chi connectivity index (χ0) is 12.7. The van der Waals surface area contributed by atoms with Gasteiger partial charge in [-0.1, -0.05) is 29.8 Å². The summed E-state index contributed by atoms with van der Waals surface area (Å²) in [6.45, 7) is 5.88. The maximum Gasteiger partial charge on any atom is 0.320 e. The van der Waals surface area contributed by atoms with E-state index in [1.54, 1.807) is 0 Å². The SMILES string of the molecule is COC(=O)C(Br)CNC(CN(C)C)C(C)C. The summed E-state index contributed by atoms with van der Waals surface area (Å²) < 4.78 is 4.65. The lowest BCUT2D eigenvalue weighted by Gasteiger charge is -2.26. The van der Waals surface area contributed by atoms with Crippen LogP contribution in [0.5, 0.6) is 0 Å². The van der Waals surface area contributed by atoms with E-state index in [4.69, 9.17) is 0 Å². The molecule has 2 atom stereocenters. The van der Waals surface area contributed by atoms with Crippen LogP contribution in [0, 0.1) is 5.92 Å². The molecule has 0 aliphatic heterocycles. The summed E-state index contributed by atoms with van der Waals surface area (Å²) in [5, 5.41) is 3.38. The number of nitrogens with zero attached hydrogens (tertiary/aromatic N) is 1. The van der Waals surface area contributed by atoms with Gasteiger partial charge in [-0.15, -0.1) is 0 Å². The molecule has 5 heteroatoms. The van der Waals surface area contributed by atoms with Gasteiger partial charge >= 0.3 is 5.97 Å². The van der Waals surface area contributed by atoms with E-state index < -0.39 is 0 Å². The molecule has 0 fully saturated rings. The molecule has 0 aliphatic carbocycles.